The number of nitrogens with zero attached hydrogens (tertiary/aromatic N) is 2. The molecule has 1 atom stereocenters. The van der Waals surface area contributed by atoms with Crippen LogP contribution < -0.4 is 19.5 Å². The topological polar surface area (TPSA) is 74.1 Å². The van der Waals surface area contributed by atoms with Crippen LogP contribution >= 0.6 is 0 Å². The average Bonchev–Trinajstić information content (AvgIpc) is 3.54. The minimum atomic E-state index is -0.374. The van der Waals surface area contributed by atoms with Crippen LogP contribution in [0.4, 0.5) is 0 Å². The molecule has 45 heavy (non-hydrogen) atoms. The third kappa shape index (κ3) is 6.83. The largest absolute Gasteiger partial charge is 0.497 e. The van der Waals surface area contributed by atoms with Gasteiger partial charge in [-0.2, -0.15) is 0 Å². The van der Waals surface area contributed by atoms with E-state index in [2.05, 4.69) is 5.32 Å². The Kier molecular flexibility index (Phi) is 9.06. The fourth-order valence-electron chi connectivity index (χ4n) is 5.59. The molecule has 0 aliphatic rings. The number of benzene rings is 4. The van der Waals surface area contributed by atoms with Gasteiger partial charge in [0.25, 0.3) is 0 Å². The molecule has 0 fully saturated rings. The lowest BCUT2D eigenvalue weighted by Gasteiger charge is -2.23. The second-order valence-electron chi connectivity index (χ2n) is 10.7. The Bertz CT molecular complexity index is 1800. The van der Waals surface area contributed by atoms with Gasteiger partial charge in [0.2, 0.25) is 5.91 Å². The number of fused-ring (bicyclic) bond motifs is 1. The van der Waals surface area contributed by atoms with E-state index in [4.69, 9.17) is 19.2 Å². The summed E-state index contributed by atoms with van der Waals surface area (Å²) in [4.78, 5) is 18.8. The van der Waals surface area contributed by atoms with Crippen LogP contribution in [-0.4, -0.2) is 29.5 Å². The fourth-order valence-corrected chi connectivity index (χ4v) is 5.59. The van der Waals surface area contributed by atoms with Crippen molar-refractivity contribution in [1.29, 1.82) is 0 Å². The van der Waals surface area contributed by atoms with E-state index in [1.54, 1.807) is 14.2 Å². The molecule has 6 rings (SSSR count). The Labute approximate surface area is 263 Å². The predicted octanol–water partition coefficient (Wildman–Crippen LogP) is 7.36. The van der Waals surface area contributed by atoms with Gasteiger partial charge in [0.1, 0.15) is 18.1 Å². The van der Waals surface area contributed by atoms with Crippen molar-refractivity contribution in [3.05, 3.63) is 162 Å². The van der Waals surface area contributed by atoms with E-state index in [0.29, 0.717) is 29.5 Å². The van der Waals surface area contributed by atoms with E-state index in [9.17, 15) is 4.79 Å². The number of nitrogens with one attached hydrogen (secondary N) is 1. The van der Waals surface area contributed by atoms with Gasteiger partial charge in [-0.1, -0.05) is 91.0 Å². The molecule has 1 unspecified atom stereocenters. The zero-order chi connectivity index (χ0) is 31.0. The minimum Gasteiger partial charge on any atom is -0.497 e. The number of carbonyl (C=O) groups is 1. The van der Waals surface area contributed by atoms with Crippen molar-refractivity contribution in [1.82, 2.24) is 14.7 Å². The number of imidazole rings is 1. The van der Waals surface area contributed by atoms with E-state index < -0.39 is 0 Å². The van der Waals surface area contributed by atoms with Crippen molar-refractivity contribution in [2.75, 3.05) is 14.2 Å². The Morgan fingerprint density at radius 1 is 0.756 bits per heavy atom. The van der Waals surface area contributed by atoms with E-state index in [1.807, 2.05) is 138 Å². The van der Waals surface area contributed by atoms with Crippen LogP contribution in [0, 0.1) is 0 Å². The molecule has 0 saturated carbocycles. The van der Waals surface area contributed by atoms with Crippen molar-refractivity contribution in [2.24, 2.45) is 0 Å². The number of rotatable bonds is 12. The van der Waals surface area contributed by atoms with Gasteiger partial charge in [0, 0.05) is 30.8 Å². The van der Waals surface area contributed by atoms with E-state index in [1.165, 1.54) is 0 Å². The van der Waals surface area contributed by atoms with Crippen LogP contribution in [0.5, 0.6) is 17.2 Å². The second kappa shape index (κ2) is 13.8. The van der Waals surface area contributed by atoms with Gasteiger partial charge in [-0.05, 0) is 46.5 Å². The Hall–Kier alpha value is -5.56. The molecule has 0 aliphatic carbocycles. The zero-order valence-corrected chi connectivity index (χ0v) is 25.3. The summed E-state index contributed by atoms with van der Waals surface area (Å²) < 4.78 is 19.4. The highest BCUT2D eigenvalue weighted by molar-refractivity contribution is 5.79. The normalized spacial score (nSPS) is 11.7. The van der Waals surface area contributed by atoms with Crippen LogP contribution in [-0.2, 0) is 11.4 Å². The number of carbonyl (C=O) groups excluding carboxylic acids is 1. The Morgan fingerprint density at radius 2 is 1.36 bits per heavy atom. The van der Waals surface area contributed by atoms with Gasteiger partial charge >= 0.3 is 0 Å². The van der Waals surface area contributed by atoms with Crippen LogP contribution in [0.2, 0.25) is 0 Å². The third-order valence-electron chi connectivity index (χ3n) is 7.86. The zero-order valence-electron chi connectivity index (χ0n) is 25.3. The van der Waals surface area contributed by atoms with Gasteiger partial charge in [0.05, 0.1) is 26.0 Å². The molecule has 0 radical (unpaired) electrons. The van der Waals surface area contributed by atoms with Crippen molar-refractivity contribution in [3.8, 4) is 17.2 Å². The third-order valence-corrected chi connectivity index (χ3v) is 7.86. The SMILES string of the molecule is COc1cc(OC)cc(C(CC(=O)NC(c2ccccc2)c2ccccc2)c2cnc3c(OCc4ccccc4)cccn23)c1. The molecule has 1 N–H and O–H groups in total. The highest BCUT2D eigenvalue weighted by Gasteiger charge is 2.26. The number of aromatic nitrogens is 2. The fraction of sp³-hybridized carbons (Fsp3) is 0.158. The number of pyridine rings is 1. The minimum absolute atomic E-state index is 0.106. The van der Waals surface area contributed by atoms with Crippen LogP contribution in [0.3, 0.4) is 0 Å². The summed E-state index contributed by atoms with van der Waals surface area (Å²) in [5.74, 6) is 1.46. The quantitative estimate of drug-likeness (QED) is 0.160. The number of methoxy groups -OCH3 is 2. The van der Waals surface area contributed by atoms with Crippen LogP contribution in [0.15, 0.2) is 134 Å². The summed E-state index contributed by atoms with van der Waals surface area (Å²) >= 11 is 0. The molecular formula is C38H35N3O4. The molecule has 2 heterocycles. The van der Waals surface area contributed by atoms with E-state index >= 15 is 0 Å². The lowest BCUT2D eigenvalue weighted by Crippen LogP contribution is -2.30. The molecule has 0 spiro atoms. The maximum absolute atomic E-state index is 14.0. The van der Waals surface area contributed by atoms with Gasteiger partial charge in [0.15, 0.2) is 11.4 Å². The highest BCUT2D eigenvalue weighted by Crippen LogP contribution is 2.36. The smallest absolute Gasteiger partial charge is 0.221 e. The van der Waals surface area contributed by atoms with Gasteiger partial charge in [-0.15, -0.1) is 0 Å². The van der Waals surface area contributed by atoms with Gasteiger partial charge in [-0.3, -0.25) is 4.79 Å². The molecule has 7 heteroatoms. The first kappa shape index (κ1) is 29.5. The molecule has 0 saturated heterocycles. The summed E-state index contributed by atoms with van der Waals surface area (Å²) in [5, 5.41) is 3.31. The number of ether oxygens (including phenoxy) is 3. The van der Waals surface area contributed by atoms with Gasteiger partial charge in [-0.25, -0.2) is 4.98 Å². The molecule has 7 nitrogen and oxygen atoms in total. The Balaban J connectivity index is 1.36. The van der Waals surface area contributed by atoms with Crippen LogP contribution in [0.25, 0.3) is 5.65 Å². The molecule has 0 aliphatic heterocycles. The maximum atomic E-state index is 14.0. The molecule has 226 valence electrons. The predicted molar refractivity (Wildman–Crippen MR) is 175 cm³/mol. The maximum Gasteiger partial charge on any atom is 0.221 e. The summed E-state index contributed by atoms with van der Waals surface area (Å²) in [6.07, 6.45) is 3.93. The van der Waals surface area contributed by atoms with Gasteiger partial charge < -0.3 is 23.9 Å². The second-order valence-corrected chi connectivity index (χ2v) is 10.7. The van der Waals surface area contributed by atoms with E-state index in [-0.39, 0.29) is 24.3 Å². The van der Waals surface area contributed by atoms with E-state index in [0.717, 1.165) is 27.9 Å². The van der Waals surface area contributed by atoms with Crippen molar-refractivity contribution in [2.45, 2.75) is 25.0 Å². The average molecular weight is 598 g/mol. The lowest BCUT2D eigenvalue weighted by molar-refractivity contribution is -0.121. The molecular weight excluding hydrogens is 562 g/mol. The summed E-state index contributed by atoms with van der Waals surface area (Å²) in [5.41, 5.74) is 5.47. The monoisotopic (exact) mass is 597 g/mol. The van der Waals surface area contributed by atoms with Crippen LogP contribution in [0.1, 0.15) is 46.3 Å². The summed E-state index contributed by atoms with van der Waals surface area (Å²) in [7, 11) is 3.24. The number of hydrogen-bond donors (Lipinski definition) is 1. The first-order valence-electron chi connectivity index (χ1n) is 14.9. The molecule has 6 aromatic rings. The lowest BCUT2D eigenvalue weighted by atomic mass is 9.91. The number of amides is 1. The Morgan fingerprint density at radius 3 is 1.96 bits per heavy atom. The standard InChI is InChI=1S/C38H35N3O4/c1-43-31-21-30(22-32(23-31)44-2)33(24-36(42)40-37(28-15-8-4-9-16-28)29-17-10-5-11-18-29)34-25-39-38-35(19-12-20-41(34)38)45-26-27-13-6-3-7-14-27/h3-23,25,33,37H,24,26H2,1-2H3,(H,40,42). The first-order valence-corrected chi connectivity index (χ1v) is 14.9. The molecule has 2 aromatic heterocycles. The first-order chi connectivity index (χ1) is 22.1. The summed E-state index contributed by atoms with van der Waals surface area (Å²) in [6.45, 7) is 0.419. The number of hydrogen-bond acceptors (Lipinski definition) is 5. The highest BCUT2D eigenvalue weighted by atomic mass is 16.5. The van der Waals surface area contributed by atoms with Crippen molar-refractivity contribution < 1.29 is 19.0 Å². The molecule has 0 bridgehead atoms. The summed E-state index contributed by atoms with van der Waals surface area (Å²) in [6, 6.07) is 39.3. The van der Waals surface area contributed by atoms with Crippen molar-refractivity contribution in [3.63, 3.8) is 0 Å². The molecule has 1 amide bonds. The van der Waals surface area contributed by atoms with Crippen molar-refractivity contribution >= 4 is 11.6 Å². The molecule has 4 aromatic carbocycles.